The number of hydrogen-bond donors (Lipinski definition) is 0. The van der Waals surface area contributed by atoms with Crippen LogP contribution in [0.2, 0.25) is 0 Å². The van der Waals surface area contributed by atoms with Gasteiger partial charge in [0.1, 0.15) is 11.6 Å². The van der Waals surface area contributed by atoms with E-state index in [1.54, 1.807) is 4.90 Å². The zero-order valence-electron chi connectivity index (χ0n) is 12.0. The van der Waals surface area contributed by atoms with E-state index >= 15 is 0 Å². The quantitative estimate of drug-likeness (QED) is 0.837. The summed E-state index contributed by atoms with van der Waals surface area (Å²) in [6.07, 6.45) is 5.09. The molecule has 1 amide bonds. The van der Waals surface area contributed by atoms with E-state index in [0.29, 0.717) is 19.1 Å². The first-order valence-corrected chi connectivity index (χ1v) is 7.63. The lowest BCUT2D eigenvalue weighted by Gasteiger charge is -2.38. The number of rotatable bonds is 2. The van der Waals surface area contributed by atoms with Crippen LogP contribution in [-0.4, -0.2) is 47.9 Å². The molecule has 1 aromatic carbocycles. The van der Waals surface area contributed by atoms with Gasteiger partial charge >= 0.3 is 0 Å². The van der Waals surface area contributed by atoms with Crippen LogP contribution in [0.25, 0.3) is 0 Å². The summed E-state index contributed by atoms with van der Waals surface area (Å²) in [4.78, 5) is 16.4. The normalized spacial score (nSPS) is 21.0. The highest BCUT2D eigenvalue weighted by Gasteiger charge is 2.29. The van der Waals surface area contributed by atoms with Crippen molar-refractivity contribution in [2.24, 2.45) is 0 Å². The smallest absolute Gasteiger partial charge is 0.256 e. The molecule has 2 fully saturated rings. The van der Waals surface area contributed by atoms with Crippen LogP contribution in [0.15, 0.2) is 18.2 Å². The molecule has 0 N–H and O–H groups in total. The minimum Gasteiger partial charge on any atom is -0.336 e. The van der Waals surface area contributed by atoms with E-state index in [4.69, 9.17) is 0 Å². The van der Waals surface area contributed by atoms with Crippen molar-refractivity contribution in [2.45, 2.75) is 31.7 Å². The highest BCUT2D eigenvalue weighted by Crippen LogP contribution is 2.24. The van der Waals surface area contributed by atoms with Gasteiger partial charge in [0.25, 0.3) is 5.91 Å². The Kier molecular flexibility index (Phi) is 4.19. The highest BCUT2D eigenvalue weighted by atomic mass is 19.1. The molecule has 0 atom stereocenters. The van der Waals surface area contributed by atoms with E-state index in [-0.39, 0.29) is 11.5 Å². The third kappa shape index (κ3) is 3.07. The molecule has 0 spiro atoms. The topological polar surface area (TPSA) is 23.6 Å². The Balaban J connectivity index is 1.62. The number of carbonyl (C=O) groups is 1. The minimum absolute atomic E-state index is 0.0364. The van der Waals surface area contributed by atoms with Crippen molar-refractivity contribution in [3.63, 3.8) is 0 Å². The fraction of sp³-hybridized carbons (Fsp3) is 0.562. The van der Waals surface area contributed by atoms with Gasteiger partial charge in [0, 0.05) is 38.3 Å². The molecule has 0 bridgehead atoms. The molecule has 0 aromatic heterocycles. The molecule has 1 heterocycles. The summed E-state index contributed by atoms with van der Waals surface area (Å²) >= 11 is 0. The molecular weight excluding hydrogens is 274 g/mol. The largest absolute Gasteiger partial charge is 0.336 e. The number of piperazine rings is 1. The van der Waals surface area contributed by atoms with Crippen LogP contribution in [-0.2, 0) is 0 Å². The molecule has 1 saturated heterocycles. The number of carbonyl (C=O) groups excluding carboxylic acids is 1. The van der Waals surface area contributed by atoms with Crippen molar-refractivity contribution in [3.8, 4) is 0 Å². The monoisotopic (exact) mass is 294 g/mol. The summed E-state index contributed by atoms with van der Waals surface area (Å²) in [5.41, 5.74) is -0.0364. The molecule has 0 radical (unpaired) electrons. The van der Waals surface area contributed by atoms with E-state index in [1.807, 2.05) is 0 Å². The van der Waals surface area contributed by atoms with Crippen molar-refractivity contribution >= 4 is 5.91 Å². The lowest BCUT2D eigenvalue weighted by Crippen LogP contribution is -2.51. The summed E-state index contributed by atoms with van der Waals surface area (Å²) in [6, 6.07) is 3.79. The van der Waals surface area contributed by atoms with Crippen LogP contribution in [0.4, 0.5) is 8.78 Å². The number of benzene rings is 1. The molecular formula is C16H20F2N2O. The van der Waals surface area contributed by atoms with Crippen molar-refractivity contribution < 1.29 is 13.6 Å². The van der Waals surface area contributed by atoms with Crippen molar-refractivity contribution in [3.05, 3.63) is 35.4 Å². The van der Waals surface area contributed by atoms with Crippen LogP contribution >= 0.6 is 0 Å². The van der Waals surface area contributed by atoms with E-state index in [0.717, 1.165) is 25.2 Å². The lowest BCUT2D eigenvalue weighted by atomic mass is 10.1. The number of halogens is 2. The maximum atomic E-state index is 13.7. The first-order valence-electron chi connectivity index (χ1n) is 7.63. The summed E-state index contributed by atoms with van der Waals surface area (Å²) in [6.45, 7) is 2.93. The average Bonchev–Trinajstić information content (AvgIpc) is 3.01. The van der Waals surface area contributed by atoms with Gasteiger partial charge in [-0.15, -0.1) is 0 Å². The van der Waals surface area contributed by atoms with Gasteiger partial charge in [-0.25, -0.2) is 8.78 Å². The van der Waals surface area contributed by atoms with Crippen molar-refractivity contribution in [2.75, 3.05) is 26.2 Å². The van der Waals surface area contributed by atoms with E-state index in [1.165, 1.54) is 31.7 Å². The fourth-order valence-corrected chi connectivity index (χ4v) is 3.39. The number of amides is 1. The van der Waals surface area contributed by atoms with Gasteiger partial charge in [-0.2, -0.15) is 0 Å². The van der Waals surface area contributed by atoms with Gasteiger partial charge < -0.3 is 4.90 Å². The molecule has 5 heteroatoms. The Morgan fingerprint density at radius 1 is 1.05 bits per heavy atom. The molecule has 1 aliphatic heterocycles. The standard InChI is InChI=1S/C16H20F2N2O/c17-12-5-6-14(15(18)11-12)16(21)20-9-7-19(8-10-20)13-3-1-2-4-13/h5-6,11,13H,1-4,7-10H2. The van der Waals surface area contributed by atoms with Gasteiger partial charge in [-0.1, -0.05) is 12.8 Å². The lowest BCUT2D eigenvalue weighted by molar-refractivity contribution is 0.0569. The van der Waals surface area contributed by atoms with Crippen LogP contribution in [0.3, 0.4) is 0 Å². The zero-order valence-corrected chi connectivity index (χ0v) is 12.0. The molecule has 2 aliphatic rings. The van der Waals surface area contributed by atoms with Gasteiger partial charge in [-0.05, 0) is 25.0 Å². The fourth-order valence-electron chi connectivity index (χ4n) is 3.39. The second-order valence-electron chi connectivity index (χ2n) is 5.89. The van der Waals surface area contributed by atoms with Crippen molar-refractivity contribution in [1.29, 1.82) is 0 Å². The SMILES string of the molecule is O=C(c1ccc(F)cc1F)N1CCN(C2CCCC2)CC1. The van der Waals surface area contributed by atoms with Gasteiger partial charge in [0.15, 0.2) is 0 Å². The highest BCUT2D eigenvalue weighted by molar-refractivity contribution is 5.94. The molecule has 21 heavy (non-hydrogen) atoms. The minimum atomic E-state index is -0.779. The predicted octanol–water partition coefficient (Wildman–Crippen LogP) is 2.67. The molecule has 3 nitrogen and oxygen atoms in total. The average molecular weight is 294 g/mol. The molecule has 114 valence electrons. The molecule has 1 saturated carbocycles. The Hall–Kier alpha value is -1.49. The van der Waals surface area contributed by atoms with Crippen LogP contribution in [0, 0.1) is 11.6 Å². The van der Waals surface area contributed by atoms with Crippen LogP contribution in [0.5, 0.6) is 0 Å². The van der Waals surface area contributed by atoms with E-state index < -0.39 is 11.6 Å². The Morgan fingerprint density at radius 3 is 2.33 bits per heavy atom. The van der Waals surface area contributed by atoms with Crippen molar-refractivity contribution in [1.82, 2.24) is 9.80 Å². The third-order valence-electron chi connectivity index (χ3n) is 4.60. The molecule has 1 aliphatic carbocycles. The summed E-state index contributed by atoms with van der Waals surface area (Å²) < 4.78 is 26.6. The Morgan fingerprint density at radius 2 is 1.71 bits per heavy atom. The number of nitrogens with zero attached hydrogens (tertiary/aromatic N) is 2. The summed E-state index contributed by atoms with van der Waals surface area (Å²) in [7, 11) is 0. The van der Waals surface area contributed by atoms with E-state index in [9.17, 15) is 13.6 Å². The van der Waals surface area contributed by atoms with Gasteiger partial charge in [-0.3, -0.25) is 9.69 Å². The first kappa shape index (κ1) is 14.4. The summed E-state index contributed by atoms with van der Waals surface area (Å²) in [5.74, 6) is -1.77. The Bertz CT molecular complexity index is 521. The zero-order chi connectivity index (χ0) is 14.8. The Labute approximate surface area is 123 Å². The first-order chi connectivity index (χ1) is 10.1. The third-order valence-corrected chi connectivity index (χ3v) is 4.60. The second-order valence-corrected chi connectivity index (χ2v) is 5.89. The summed E-state index contributed by atoms with van der Waals surface area (Å²) in [5, 5.41) is 0. The molecule has 3 rings (SSSR count). The van der Waals surface area contributed by atoms with Crippen LogP contribution in [0.1, 0.15) is 36.0 Å². The predicted molar refractivity (Wildman–Crippen MR) is 76.1 cm³/mol. The maximum absolute atomic E-state index is 13.7. The maximum Gasteiger partial charge on any atom is 0.256 e. The van der Waals surface area contributed by atoms with Crippen LogP contribution < -0.4 is 0 Å². The van der Waals surface area contributed by atoms with Gasteiger partial charge in [0.2, 0.25) is 0 Å². The molecule has 0 unspecified atom stereocenters. The van der Waals surface area contributed by atoms with E-state index in [2.05, 4.69) is 4.90 Å². The van der Waals surface area contributed by atoms with Gasteiger partial charge in [0.05, 0.1) is 5.56 Å². The molecule has 1 aromatic rings. The second kappa shape index (κ2) is 6.10. The number of hydrogen-bond acceptors (Lipinski definition) is 2.